The molecule has 0 unspecified atom stereocenters. The van der Waals surface area contributed by atoms with Gasteiger partial charge in [0.15, 0.2) is 0 Å². The van der Waals surface area contributed by atoms with E-state index < -0.39 is 0 Å². The maximum Gasteiger partial charge on any atom is 0.252 e. The summed E-state index contributed by atoms with van der Waals surface area (Å²) in [5, 5.41) is 5.03. The Hall–Kier alpha value is -10.1. The van der Waals surface area contributed by atoms with Gasteiger partial charge in [-0.1, -0.05) is 269 Å². The smallest absolute Gasteiger partial charge is 0.252 e. The SMILES string of the molecule is CC(C)(C)c1ccc(-c2ccc3c(c2)B2c4ccc(-n5c6ccc(C(C)(C)C)cc6c6cc(C(C)(C)C)ccc65)cc4N(c4ccc(-c5ccc6c(c5)C(C)(C)CC6(C)C)cc4)c4cc(-n5c6ccccc6c6ccccc65)cc(c42)N3c2ccc(-c3ccc4c(c3)C(C)(C)CC4(C)C)cc2)cc1. The van der Waals surface area contributed by atoms with Crippen molar-refractivity contribution in [2.75, 3.05) is 9.80 Å². The highest BCUT2D eigenvalue weighted by atomic mass is 15.2. The summed E-state index contributed by atoms with van der Waals surface area (Å²) in [7, 11) is 0. The Morgan fingerprint density at radius 2 is 0.641 bits per heavy atom. The van der Waals surface area contributed by atoms with Crippen LogP contribution in [0.3, 0.4) is 0 Å². The van der Waals surface area contributed by atoms with Crippen LogP contribution in [0.2, 0.25) is 0 Å². The first-order chi connectivity index (χ1) is 48.9. The summed E-state index contributed by atoms with van der Waals surface area (Å²) in [6.45, 7) is 40.1. The van der Waals surface area contributed by atoms with E-state index in [-0.39, 0.29) is 44.6 Å². The Balaban J connectivity index is 0.922. The molecule has 0 bridgehead atoms. The summed E-state index contributed by atoms with van der Waals surface area (Å²) in [6, 6.07) is 95.4. The Bertz CT molecular complexity index is 5740. The zero-order chi connectivity index (χ0) is 71.6. The lowest BCUT2D eigenvalue weighted by molar-refractivity contribution is 0.402. The highest BCUT2D eigenvalue weighted by Crippen LogP contribution is 2.54. The van der Waals surface area contributed by atoms with Gasteiger partial charge in [0.05, 0.1) is 27.8 Å². The first-order valence-electron chi connectivity index (χ1n) is 37.7. The second-order valence-electron chi connectivity index (χ2n) is 36.5. The highest BCUT2D eigenvalue weighted by Gasteiger charge is 2.46. The molecule has 18 rings (SSSR count). The van der Waals surface area contributed by atoms with Crippen LogP contribution in [0.15, 0.2) is 243 Å². The zero-order valence-electron chi connectivity index (χ0n) is 63.4. The van der Waals surface area contributed by atoms with E-state index >= 15 is 0 Å². The van der Waals surface area contributed by atoms with Crippen molar-refractivity contribution in [3.05, 3.63) is 282 Å². The topological polar surface area (TPSA) is 16.3 Å². The maximum absolute atomic E-state index is 2.64. The molecule has 2 aromatic heterocycles. The number of fused-ring (bicyclic) bond motifs is 12. The molecule has 0 saturated carbocycles. The second-order valence-corrected chi connectivity index (χ2v) is 36.5. The third kappa shape index (κ3) is 10.2. The van der Waals surface area contributed by atoms with Crippen LogP contribution in [0.1, 0.15) is 169 Å². The lowest BCUT2D eigenvalue weighted by Gasteiger charge is -2.44. The van der Waals surface area contributed by atoms with E-state index in [2.05, 4.69) is 379 Å². The molecule has 103 heavy (non-hydrogen) atoms. The molecule has 4 aliphatic rings. The molecule has 2 aliphatic heterocycles. The van der Waals surface area contributed by atoms with E-state index in [1.54, 1.807) is 0 Å². The summed E-state index contributed by atoms with van der Waals surface area (Å²) in [5.41, 5.74) is 35.2. The average Bonchev–Trinajstić information content (AvgIpc) is 1.23. The van der Waals surface area contributed by atoms with Gasteiger partial charge >= 0.3 is 0 Å². The molecule has 12 aromatic carbocycles. The molecule has 14 aromatic rings. The van der Waals surface area contributed by atoms with Gasteiger partial charge in [-0.15, -0.1) is 0 Å². The molecule has 0 radical (unpaired) electrons. The van der Waals surface area contributed by atoms with Gasteiger partial charge in [-0.05, 0) is 230 Å². The summed E-state index contributed by atoms with van der Waals surface area (Å²) >= 11 is 0. The number of nitrogens with zero attached hydrogens (tertiary/aromatic N) is 4. The maximum atomic E-state index is 2.64. The number of hydrogen-bond donors (Lipinski definition) is 0. The molecular weight excluding hydrogens is 1240 g/mol. The third-order valence-corrected chi connectivity index (χ3v) is 24.4. The highest BCUT2D eigenvalue weighted by molar-refractivity contribution is 7.00. The normalized spacial score (nSPS) is 16.2. The van der Waals surface area contributed by atoms with Crippen LogP contribution in [-0.2, 0) is 37.9 Å². The van der Waals surface area contributed by atoms with Gasteiger partial charge in [0.25, 0.3) is 6.71 Å². The minimum Gasteiger partial charge on any atom is -0.311 e. The van der Waals surface area contributed by atoms with Gasteiger partial charge in [0.2, 0.25) is 0 Å². The van der Waals surface area contributed by atoms with Crippen LogP contribution in [0, 0.1) is 0 Å². The van der Waals surface area contributed by atoms with Crippen LogP contribution in [0.5, 0.6) is 0 Å². The number of para-hydroxylation sites is 2. The van der Waals surface area contributed by atoms with Gasteiger partial charge in [0.1, 0.15) is 0 Å². The fourth-order valence-electron chi connectivity index (χ4n) is 19.5. The van der Waals surface area contributed by atoms with Crippen molar-refractivity contribution < 1.29 is 0 Å². The Morgan fingerprint density at radius 1 is 0.272 bits per heavy atom. The molecule has 0 N–H and O–H groups in total. The Labute approximate surface area is 610 Å². The number of aromatic nitrogens is 2. The quantitative estimate of drug-likeness (QED) is 0.148. The fourth-order valence-corrected chi connectivity index (χ4v) is 19.5. The summed E-state index contributed by atoms with van der Waals surface area (Å²) in [5.74, 6) is 0. The van der Waals surface area contributed by atoms with Crippen molar-refractivity contribution in [2.24, 2.45) is 0 Å². The molecule has 5 heteroatoms. The van der Waals surface area contributed by atoms with Crippen LogP contribution in [0.4, 0.5) is 34.1 Å². The van der Waals surface area contributed by atoms with E-state index in [1.807, 2.05) is 0 Å². The molecule has 4 heterocycles. The van der Waals surface area contributed by atoms with Gasteiger partial charge in [-0.25, -0.2) is 0 Å². The lowest BCUT2D eigenvalue weighted by atomic mass is 9.33. The van der Waals surface area contributed by atoms with Crippen molar-refractivity contribution in [3.63, 3.8) is 0 Å². The van der Waals surface area contributed by atoms with Crippen molar-refractivity contribution in [1.29, 1.82) is 0 Å². The second kappa shape index (κ2) is 22.2. The van der Waals surface area contributed by atoms with E-state index in [4.69, 9.17) is 0 Å². The minimum atomic E-state index is -0.170. The molecule has 0 saturated heterocycles. The predicted molar refractivity (Wildman–Crippen MR) is 443 cm³/mol. The largest absolute Gasteiger partial charge is 0.311 e. The van der Waals surface area contributed by atoms with Gasteiger partial charge in [-0.2, -0.15) is 0 Å². The zero-order valence-corrected chi connectivity index (χ0v) is 63.4. The van der Waals surface area contributed by atoms with Crippen LogP contribution >= 0.6 is 0 Å². The predicted octanol–water partition coefficient (Wildman–Crippen LogP) is 24.8. The van der Waals surface area contributed by atoms with Crippen LogP contribution in [-0.4, -0.2) is 15.8 Å². The van der Waals surface area contributed by atoms with E-state index in [0.29, 0.717) is 0 Å². The molecule has 0 spiro atoms. The molecule has 0 atom stereocenters. The van der Waals surface area contributed by atoms with Crippen LogP contribution < -0.4 is 26.2 Å². The average molecular weight is 1340 g/mol. The lowest BCUT2D eigenvalue weighted by Crippen LogP contribution is -2.61. The summed E-state index contributed by atoms with van der Waals surface area (Å²) in [6.07, 6.45) is 2.26. The monoisotopic (exact) mass is 1340 g/mol. The summed E-state index contributed by atoms with van der Waals surface area (Å²) in [4.78, 5) is 5.25. The Kier molecular flexibility index (Phi) is 14.0. The number of benzene rings is 12. The first-order valence-corrected chi connectivity index (χ1v) is 37.7. The number of hydrogen-bond acceptors (Lipinski definition) is 2. The fraction of sp³-hybridized carbons (Fsp3) is 0.265. The van der Waals surface area contributed by atoms with Crippen molar-refractivity contribution >= 4 is 101 Å². The standard InChI is InChI=1S/C98H95BN4/c1-92(2,3)66-35-26-60(27-36-66)65-34-47-87-82(52-65)99-81-46-43-71(102-85-48-37-67(93(4,5)6)53-75(85)76-54-68(94(7,8)9)38-49-86(76)102)55-88(81)101(70-41-30-62(31-42-70)64-33-45-78-80(51-64)98(16,17)59-96(78,12)13)90-57-72(103-83-24-20-18-22-73(83)74-23-19-21-25-84(74)103)56-89(91(90)99)100(87)69-39-28-61(29-40-69)63-32-44-77-79(50-63)97(14,15)58-95(77,10)11/h18-57H,58-59H2,1-17H3. The molecule has 510 valence electrons. The van der Waals surface area contributed by atoms with E-state index in [0.717, 1.165) is 52.7 Å². The van der Waals surface area contributed by atoms with E-state index in [1.165, 1.54) is 138 Å². The summed E-state index contributed by atoms with van der Waals surface area (Å²) < 4.78 is 5.09. The molecule has 0 amide bonds. The molecule has 2 aliphatic carbocycles. The van der Waals surface area contributed by atoms with Crippen LogP contribution in [0.25, 0.3) is 88.4 Å². The van der Waals surface area contributed by atoms with Gasteiger partial charge in [-0.3, -0.25) is 0 Å². The number of anilines is 6. The van der Waals surface area contributed by atoms with Crippen molar-refractivity contribution in [1.82, 2.24) is 9.13 Å². The van der Waals surface area contributed by atoms with Crippen molar-refractivity contribution in [2.45, 2.75) is 168 Å². The molecule has 0 fully saturated rings. The first kappa shape index (κ1) is 65.0. The number of rotatable bonds is 7. The van der Waals surface area contributed by atoms with E-state index in [9.17, 15) is 0 Å². The van der Waals surface area contributed by atoms with Gasteiger partial charge < -0.3 is 18.9 Å². The van der Waals surface area contributed by atoms with Crippen molar-refractivity contribution in [3.8, 4) is 44.8 Å². The van der Waals surface area contributed by atoms with Gasteiger partial charge in [0, 0.05) is 61.4 Å². The third-order valence-electron chi connectivity index (χ3n) is 24.4. The molecular formula is C98H95BN4. The Morgan fingerprint density at radius 3 is 1.12 bits per heavy atom. The minimum absolute atomic E-state index is 0.0215. The molecule has 4 nitrogen and oxygen atoms in total.